The maximum Gasteiger partial charge on any atom is 0.224 e. The monoisotopic (exact) mass is 290 g/mol. The van der Waals surface area contributed by atoms with Gasteiger partial charge in [-0.2, -0.15) is 0 Å². The van der Waals surface area contributed by atoms with Crippen LogP contribution in [0.4, 0.5) is 5.69 Å². The van der Waals surface area contributed by atoms with Gasteiger partial charge in [0.1, 0.15) is 0 Å². The lowest BCUT2D eigenvalue weighted by Crippen LogP contribution is -2.13. The number of rotatable bonds is 4. The van der Waals surface area contributed by atoms with Crippen LogP contribution in [0.5, 0.6) is 0 Å². The molecule has 1 amide bonds. The summed E-state index contributed by atoms with van der Waals surface area (Å²) in [5.74, 6) is 0.433. The van der Waals surface area contributed by atoms with Gasteiger partial charge >= 0.3 is 0 Å². The third-order valence-corrected chi connectivity index (χ3v) is 2.78. The Morgan fingerprint density at radius 3 is 2.15 bits per heavy atom. The average Bonchev–Trinajstić information content (AvgIpc) is 2.39. The van der Waals surface area contributed by atoms with Gasteiger partial charge in [0.05, 0.1) is 0 Å². The standard InChI is InChI=1S/C16H18N2O.ClH/c1-12(2)11-16(19)18-15-5-3-13(4-6-15)14-7-9-17-10-8-14;/h3-10,12H,11H2,1-2H3,(H,18,19);1H. The van der Waals surface area contributed by atoms with Crippen molar-refractivity contribution in [3.05, 3.63) is 48.8 Å². The van der Waals surface area contributed by atoms with Gasteiger partial charge in [0, 0.05) is 24.5 Å². The molecule has 0 spiro atoms. The molecule has 2 rings (SSSR count). The molecule has 1 aromatic carbocycles. The first-order chi connectivity index (χ1) is 9.15. The normalized spacial score (nSPS) is 9.95. The zero-order chi connectivity index (χ0) is 13.7. The first-order valence-corrected chi connectivity index (χ1v) is 6.45. The zero-order valence-electron chi connectivity index (χ0n) is 11.7. The lowest BCUT2D eigenvalue weighted by Gasteiger charge is -2.08. The molecule has 1 heterocycles. The summed E-state index contributed by atoms with van der Waals surface area (Å²) in [4.78, 5) is 15.7. The van der Waals surface area contributed by atoms with Gasteiger partial charge in [-0.15, -0.1) is 12.4 Å². The summed E-state index contributed by atoms with van der Waals surface area (Å²) in [7, 11) is 0. The molecule has 0 aliphatic rings. The molecule has 0 atom stereocenters. The number of nitrogens with zero attached hydrogens (tertiary/aromatic N) is 1. The van der Waals surface area contributed by atoms with Gasteiger partial charge in [-0.05, 0) is 41.3 Å². The van der Waals surface area contributed by atoms with Gasteiger partial charge in [-0.25, -0.2) is 0 Å². The molecule has 0 aliphatic heterocycles. The van der Waals surface area contributed by atoms with E-state index in [9.17, 15) is 4.79 Å². The van der Waals surface area contributed by atoms with E-state index in [1.165, 1.54) is 0 Å². The summed E-state index contributed by atoms with van der Waals surface area (Å²) in [6.07, 6.45) is 4.09. The quantitative estimate of drug-likeness (QED) is 0.919. The molecule has 106 valence electrons. The van der Waals surface area contributed by atoms with E-state index in [1.807, 2.05) is 50.2 Å². The van der Waals surface area contributed by atoms with E-state index in [-0.39, 0.29) is 18.3 Å². The fraction of sp³-hybridized carbons (Fsp3) is 0.250. The lowest BCUT2D eigenvalue weighted by molar-refractivity contribution is -0.116. The number of amides is 1. The van der Waals surface area contributed by atoms with Crippen molar-refractivity contribution in [1.29, 1.82) is 0 Å². The summed E-state index contributed by atoms with van der Waals surface area (Å²) in [6.45, 7) is 4.07. The Hall–Kier alpha value is -1.87. The predicted molar refractivity (Wildman–Crippen MR) is 85.0 cm³/mol. The first-order valence-electron chi connectivity index (χ1n) is 6.45. The van der Waals surface area contributed by atoms with Crippen molar-refractivity contribution in [1.82, 2.24) is 4.98 Å². The highest BCUT2D eigenvalue weighted by Gasteiger charge is 2.05. The Kier molecular flexibility index (Phi) is 6.19. The smallest absolute Gasteiger partial charge is 0.224 e. The SMILES string of the molecule is CC(C)CC(=O)Nc1ccc(-c2ccncc2)cc1.Cl. The van der Waals surface area contributed by atoms with Crippen LogP contribution in [0.25, 0.3) is 11.1 Å². The van der Waals surface area contributed by atoms with Gasteiger partial charge in [-0.3, -0.25) is 9.78 Å². The van der Waals surface area contributed by atoms with Crippen LogP contribution in [0.2, 0.25) is 0 Å². The molecule has 0 saturated carbocycles. The second-order valence-corrected chi connectivity index (χ2v) is 4.96. The number of benzene rings is 1. The number of carbonyl (C=O) groups is 1. The van der Waals surface area contributed by atoms with Gasteiger partial charge in [0.15, 0.2) is 0 Å². The summed E-state index contributed by atoms with van der Waals surface area (Å²) < 4.78 is 0. The van der Waals surface area contributed by atoms with Crippen LogP contribution >= 0.6 is 12.4 Å². The topological polar surface area (TPSA) is 42.0 Å². The second-order valence-electron chi connectivity index (χ2n) is 4.96. The molecule has 3 nitrogen and oxygen atoms in total. The van der Waals surface area contributed by atoms with Crippen LogP contribution in [0.15, 0.2) is 48.8 Å². The van der Waals surface area contributed by atoms with E-state index in [0.717, 1.165) is 16.8 Å². The molecular formula is C16H19ClN2O. The van der Waals surface area contributed by atoms with E-state index in [0.29, 0.717) is 12.3 Å². The van der Waals surface area contributed by atoms with Gasteiger partial charge in [0.2, 0.25) is 5.91 Å². The Morgan fingerprint density at radius 2 is 1.60 bits per heavy atom. The fourth-order valence-corrected chi connectivity index (χ4v) is 1.87. The van der Waals surface area contributed by atoms with Crippen molar-refractivity contribution in [2.75, 3.05) is 5.32 Å². The van der Waals surface area contributed by atoms with E-state index < -0.39 is 0 Å². The van der Waals surface area contributed by atoms with Crippen molar-refractivity contribution in [3.63, 3.8) is 0 Å². The molecule has 0 saturated heterocycles. The largest absolute Gasteiger partial charge is 0.326 e. The number of anilines is 1. The van der Waals surface area contributed by atoms with Crippen molar-refractivity contribution >= 4 is 24.0 Å². The molecule has 0 aliphatic carbocycles. The maximum absolute atomic E-state index is 11.7. The van der Waals surface area contributed by atoms with Gasteiger partial charge in [-0.1, -0.05) is 26.0 Å². The molecular weight excluding hydrogens is 272 g/mol. The molecule has 2 aromatic rings. The Bertz CT molecular complexity index is 538. The minimum absolute atomic E-state index is 0. The van der Waals surface area contributed by atoms with Crippen LogP contribution in [-0.2, 0) is 4.79 Å². The summed E-state index contributed by atoms with van der Waals surface area (Å²) in [6, 6.07) is 11.8. The average molecular weight is 291 g/mol. The predicted octanol–water partition coefficient (Wildman–Crippen LogP) is 4.16. The minimum atomic E-state index is 0. The minimum Gasteiger partial charge on any atom is -0.326 e. The first kappa shape index (κ1) is 16.2. The van der Waals surface area contributed by atoms with Crippen LogP contribution < -0.4 is 5.32 Å². The van der Waals surface area contributed by atoms with Crippen LogP contribution in [0.1, 0.15) is 20.3 Å². The number of aromatic nitrogens is 1. The number of nitrogens with one attached hydrogen (secondary N) is 1. The highest BCUT2D eigenvalue weighted by Crippen LogP contribution is 2.20. The van der Waals surface area contributed by atoms with Crippen LogP contribution in [0, 0.1) is 5.92 Å². The van der Waals surface area contributed by atoms with Gasteiger partial charge in [0.25, 0.3) is 0 Å². The molecule has 0 radical (unpaired) electrons. The summed E-state index contributed by atoms with van der Waals surface area (Å²) in [5.41, 5.74) is 3.07. The number of hydrogen-bond acceptors (Lipinski definition) is 2. The molecule has 1 aromatic heterocycles. The van der Waals surface area contributed by atoms with Crippen LogP contribution in [0.3, 0.4) is 0 Å². The number of hydrogen-bond donors (Lipinski definition) is 1. The second kappa shape index (κ2) is 7.65. The van der Waals surface area contributed by atoms with E-state index in [4.69, 9.17) is 0 Å². The van der Waals surface area contributed by atoms with Crippen molar-refractivity contribution in [2.45, 2.75) is 20.3 Å². The molecule has 20 heavy (non-hydrogen) atoms. The molecule has 0 bridgehead atoms. The fourth-order valence-electron chi connectivity index (χ4n) is 1.87. The number of pyridine rings is 1. The summed E-state index contributed by atoms with van der Waals surface area (Å²) in [5, 5.41) is 2.90. The van der Waals surface area contributed by atoms with Gasteiger partial charge < -0.3 is 5.32 Å². The molecule has 0 unspecified atom stereocenters. The Morgan fingerprint density at radius 1 is 1.05 bits per heavy atom. The maximum atomic E-state index is 11.7. The molecule has 0 fully saturated rings. The van der Waals surface area contributed by atoms with Crippen LogP contribution in [-0.4, -0.2) is 10.9 Å². The van der Waals surface area contributed by atoms with Crippen molar-refractivity contribution < 1.29 is 4.79 Å². The zero-order valence-corrected chi connectivity index (χ0v) is 12.5. The van der Waals surface area contributed by atoms with Crippen molar-refractivity contribution in [2.24, 2.45) is 5.92 Å². The third kappa shape index (κ3) is 4.67. The van der Waals surface area contributed by atoms with E-state index in [1.54, 1.807) is 12.4 Å². The number of carbonyl (C=O) groups excluding carboxylic acids is 1. The highest BCUT2D eigenvalue weighted by atomic mass is 35.5. The molecule has 4 heteroatoms. The van der Waals surface area contributed by atoms with Crippen molar-refractivity contribution in [3.8, 4) is 11.1 Å². The summed E-state index contributed by atoms with van der Waals surface area (Å²) >= 11 is 0. The lowest BCUT2D eigenvalue weighted by atomic mass is 10.1. The Labute approximate surface area is 125 Å². The highest BCUT2D eigenvalue weighted by molar-refractivity contribution is 5.91. The molecule has 1 N–H and O–H groups in total. The Balaban J connectivity index is 0.00000200. The third-order valence-electron chi connectivity index (χ3n) is 2.78. The van der Waals surface area contributed by atoms with E-state index in [2.05, 4.69) is 10.3 Å². The van der Waals surface area contributed by atoms with E-state index >= 15 is 0 Å². The number of halogens is 1.